The summed E-state index contributed by atoms with van der Waals surface area (Å²) in [4.78, 5) is 23.1. The lowest BCUT2D eigenvalue weighted by molar-refractivity contribution is 0.0442. The van der Waals surface area contributed by atoms with E-state index in [1.807, 2.05) is 0 Å². The van der Waals surface area contributed by atoms with Crippen LogP contribution in [0.3, 0.4) is 0 Å². The smallest absolute Gasteiger partial charge is 0.258 e. The Morgan fingerprint density at radius 1 is 1.25 bits per heavy atom. The van der Waals surface area contributed by atoms with Crippen molar-refractivity contribution >= 4 is 23.1 Å². The molecule has 1 aromatic heterocycles. The van der Waals surface area contributed by atoms with Crippen molar-refractivity contribution in [2.75, 3.05) is 13.1 Å². The number of alkyl halides is 1. The summed E-state index contributed by atoms with van der Waals surface area (Å²) in [7, 11) is 0. The predicted molar refractivity (Wildman–Crippen MR) is 114 cm³/mol. The highest BCUT2D eigenvalue weighted by Gasteiger charge is 2.43. The summed E-state index contributed by atoms with van der Waals surface area (Å²) in [6, 6.07) is 3.60. The van der Waals surface area contributed by atoms with E-state index in [1.54, 1.807) is 0 Å². The monoisotopic (exact) mass is 461 g/mol. The van der Waals surface area contributed by atoms with E-state index >= 15 is 0 Å². The van der Waals surface area contributed by atoms with Crippen molar-refractivity contribution in [2.24, 2.45) is 5.73 Å². The summed E-state index contributed by atoms with van der Waals surface area (Å²) in [6.45, 7) is 0.354. The van der Waals surface area contributed by atoms with Gasteiger partial charge in [0.2, 0.25) is 0 Å². The summed E-state index contributed by atoms with van der Waals surface area (Å²) < 4.78 is 34.8. The van der Waals surface area contributed by atoms with Crippen molar-refractivity contribution in [1.82, 2.24) is 20.2 Å². The molecule has 4 unspecified atom stereocenters. The second-order valence-electron chi connectivity index (χ2n) is 8.41. The van der Waals surface area contributed by atoms with Crippen molar-refractivity contribution in [2.45, 2.75) is 43.6 Å². The number of benzene rings is 1. The van der Waals surface area contributed by atoms with Crippen LogP contribution in [0.1, 0.15) is 35.4 Å². The number of fused-ring (bicyclic) bond motifs is 2. The van der Waals surface area contributed by atoms with Crippen molar-refractivity contribution in [3.63, 3.8) is 0 Å². The number of nitrogens with two attached hydrogens (primary N) is 1. The second kappa shape index (κ2) is 8.29. The van der Waals surface area contributed by atoms with E-state index in [0.29, 0.717) is 28.5 Å². The van der Waals surface area contributed by atoms with Crippen LogP contribution in [0.5, 0.6) is 5.75 Å². The largest absolute Gasteiger partial charge is 0.486 e. The lowest BCUT2D eigenvalue weighted by Crippen LogP contribution is -2.51. The zero-order valence-electron chi connectivity index (χ0n) is 17.1. The number of aromatic nitrogens is 2. The summed E-state index contributed by atoms with van der Waals surface area (Å²) in [5.74, 6) is -0.514. The molecule has 3 aliphatic rings. The number of halogens is 3. The quantitative estimate of drug-likeness (QED) is 0.727. The van der Waals surface area contributed by atoms with Crippen molar-refractivity contribution in [1.29, 1.82) is 0 Å². The van der Waals surface area contributed by atoms with E-state index in [1.165, 1.54) is 29.4 Å². The number of nitrogens with zero attached hydrogens (tertiary/aromatic N) is 3. The number of carbonyl (C=O) groups is 1. The molecular weight excluding hydrogens is 440 g/mol. The summed E-state index contributed by atoms with van der Waals surface area (Å²) in [5, 5.41) is 3.63. The molecular formula is C22H22ClF2N5O2. The number of carbonyl (C=O) groups excluding carboxylic acids is 1. The third kappa shape index (κ3) is 3.91. The first-order chi connectivity index (χ1) is 15.4. The van der Waals surface area contributed by atoms with Gasteiger partial charge in [0, 0.05) is 48.2 Å². The highest BCUT2D eigenvalue weighted by atomic mass is 35.5. The van der Waals surface area contributed by atoms with E-state index in [-0.39, 0.29) is 42.4 Å². The van der Waals surface area contributed by atoms with Crippen molar-refractivity contribution in [3.05, 3.63) is 58.5 Å². The lowest BCUT2D eigenvalue weighted by atomic mass is 10.00. The first-order valence-corrected chi connectivity index (χ1v) is 10.9. The molecule has 0 spiro atoms. The molecule has 0 radical (unpaired) electrons. The van der Waals surface area contributed by atoms with Crippen LogP contribution < -0.4 is 15.8 Å². The molecule has 10 heteroatoms. The SMILES string of the molecule is NC1=C(c2ncc(Cl)cn2)CN(C(=O)c2ccc(F)cc2OC2CC3CCC(N3)C2F)C1. The average Bonchev–Trinajstić information content (AvgIpc) is 3.36. The van der Waals surface area contributed by atoms with Gasteiger partial charge < -0.3 is 20.7 Å². The molecule has 1 amide bonds. The second-order valence-corrected chi connectivity index (χ2v) is 8.85. The van der Waals surface area contributed by atoms with Gasteiger partial charge in [-0.25, -0.2) is 18.7 Å². The first kappa shape index (κ1) is 21.1. The number of ether oxygens (including phenoxy) is 1. The molecule has 2 aromatic rings. The molecule has 2 bridgehead atoms. The topological polar surface area (TPSA) is 93.4 Å². The molecule has 0 saturated carbocycles. The molecule has 3 aliphatic heterocycles. The van der Waals surface area contributed by atoms with Gasteiger partial charge in [-0.2, -0.15) is 0 Å². The lowest BCUT2D eigenvalue weighted by Gasteiger charge is -2.33. The highest BCUT2D eigenvalue weighted by Crippen LogP contribution is 2.34. The van der Waals surface area contributed by atoms with Crippen molar-refractivity contribution in [3.8, 4) is 5.75 Å². The maximum atomic E-state index is 14.9. The Balaban J connectivity index is 1.36. The molecule has 5 rings (SSSR count). The molecule has 0 aliphatic carbocycles. The number of hydrogen-bond donors (Lipinski definition) is 2. The van der Waals surface area contributed by atoms with E-state index < -0.39 is 18.1 Å². The zero-order valence-corrected chi connectivity index (χ0v) is 17.9. The van der Waals surface area contributed by atoms with E-state index in [2.05, 4.69) is 15.3 Å². The predicted octanol–water partition coefficient (Wildman–Crippen LogP) is 2.70. The molecule has 1 aromatic carbocycles. The van der Waals surface area contributed by atoms with Crippen LogP contribution in [0.4, 0.5) is 8.78 Å². The molecule has 2 saturated heterocycles. The minimum absolute atomic E-state index is 0.0405. The average molecular weight is 462 g/mol. The molecule has 2 fully saturated rings. The molecule has 4 heterocycles. The molecule has 3 N–H and O–H groups in total. The van der Waals surface area contributed by atoms with Gasteiger partial charge >= 0.3 is 0 Å². The van der Waals surface area contributed by atoms with Crippen LogP contribution in [0.2, 0.25) is 5.02 Å². The summed E-state index contributed by atoms with van der Waals surface area (Å²) in [6.07, 6.45) is 3.06. The number of hydrogen-bond acceptors (Lipinski definition) is 6. The third-order valence-electron chi connectivity index (χ3n) is 6.26. The first-order valence-electron chi connectivity index (χ1n) is 10.5. The van der Waals surface area contributed by atoms with Crippen molar-refractivity contribution < 1.29 is 18.3 Å². The van der Waals surface area contributed by atoms with E-state index in [0.717, 1.165) is 18.9 Å². The van der Waals surface area contributed by atoms with Gasteiger partial charge in [-0.1, -0.05) is 11.6 Å². The fourth-order valence-electron chi connectivity index (χ4n) is 4.65. The van der Waals surface area contributed by atoms with Crippen LogP contribution in [-0.2, 0) is 0 Å². The highest BCUT2D eigenvalue weighted by molar-refractivity contribution is 6.30. The fraction of sp³-hybridized carbons (Fsp3) is 0.409. The van der Waals surface area contributed by atoms with Crippen LogP contribution in [0, 0.1) is 5.82 Å². The number of piperidine rings is 1. The van der Waals surface area contributed by atoms with Gasteiger partial charge in [0.25, 0.3) is 5.91 Å². The molecule has 7 nitrogen and oxygen atoms in total. The van der Waals surface area contributed by atoms with Crippen LogP contribution in [0.15, 0.2) is 36.3 Å². The minimum Gasteiger partial charge on any atom is -0.486 e. The Labute approximate surface area is 188 Å². The summed E-state index contributed by atoms with van der Waals surface area (Å²) >= 11 is 5.84. The standard InChI is InChI=1S/C22H22ClF2N5O2/c23-11-7-27-21(28-8-11)15-9-30(10-16(15)26)22(31)14-3-1-12(24)5-18(14)32-19-6-13-2-4-17(29-13)20(19)25/h1,3,5,7-8,13,17,19-20,29H,2,4,6,9-10,26H2. The number of rotatable bonds is 4. The van der Waals surface area contributed by atoms with Crippen LogP contribution in [0.25, 0.3) is 5.57 Å². The van der Waals surface area contributed by atoms with E-state index in [9.17, 15) is 13.6 Å². The maximum absolute atomic E-state index is 14.9. The number of nitrogens with one attached hydrogen (secondary N) is 1. The fourth-order valence-corrected chi connectivity index (χ4v) is 4.75. The Kier molecular flexibility index (Phi) is 5.46. The van der Waals surface area contributed by atoms with Gasteiger partial charge in [0.05, 0.1) is 23.7 Å². The Morgan fingerprint density at radius 2 is 2.03 bits per heavy atom. The van der Waals surface area contributed by atoms with Gasteiger partial charge in [-0.3, -0.25) is 4.79 Å². The zero-order chi connectivity index (χ0) is 22.4. The van der Waals surface area contributed by atoms with E-state index in [4.69, 9.17) is 22.1 Å². The van der Waals surface area contributed by atoms with Gasteiger partial charge in [0.1, 0.15) is 17.7 Å². The molecule has 4 atom stereocenters. The van der Waals surface area contributed by atoms with Crippen LogP contribution >= 0.6 is 11.6 Å². The number of amides is 1. The molecule has 168 valence electrons. The Morgan fingerprint density at radius 3 is 2.81 bits per heavy atom. The Hall–Kier alpha value is -2.78. The third-order valence-corrected chi connectivity index (χ3v) is 6.46. The molecule has 32 heavy (non-hydrogen) atoms. The van der Waals surface area contributed by atoms with Gasteiger partial charge in [0.15, 0.2) is 12.0 Å². The van der Waals surface area contributed by atoms with Crippen LogP contribution in [-0.4, -0.2) is 58.2 Å². The summed E-state index contributed by atoms with van der Waals surface area (Å²) in [5.41, 5.74) is 7.40. The normalized spacial score (nSPS) is 27.2. The maximum Gasteiger partial charge on any atom is 0.258 e. The minimum atomic E-state index is -1.22. The Bertz CT molecular complexity index is 1080. The van der Waals surface area contributed by atoms with Gasteiger partial charge in [-0.15, -0.1) is 0 Å². The van der Waals surface area contributed by atoms with Gasteiger partial charge in [-0.05, 0) is 25.0 Å².